The highest BCUT2D eigenvalue weighted by Crippen LogP contribution is 2.24. The first-order chi connectivity index (χ1) is 16.1. The van der Waals surface area contributed by atoms with E-state index in [0.29, 0.717) is 11.3 Å². The van der Waals surface area contributed by atoms with Gasteiger partial charge in [0.25, 0.3) is 0 Å². The van der Waals surface area contributed by atoms with Crippen LogP contribution >= 0.6 is 0 Å². The number of carbonyl (C=O) groups is 2. The van der Waals surface area contributed by atoms with Gasteiger partial charge < -0.3 is 9.47 Å². The minimum absolute atomic E-state index is 0.0108. The summed E-state index contributed by atoms with van der Waals surface area (Å²) < 4.78 is 50.8. The maximum atomic E-state index is 13.7. The Morgan fingerprint density at radius 1 is 1.00 bits per heavy atom. The third kappa shape index (κ3) is 5.64. The van der Waals surface area contributed by atoms with Gasteiger partial charge in [0.2, 0.25) is 10.0 Å². The molecular weight excluding hydrogens is 463 g/mol. The molecule has 3 aromatic rings. The molecular formula is C24H23FN2O6S. The van der Waals surface area contributed by atoms with Crippen LogP contribution in [0.4, 0.5) is 4.39 Å². The molecule has 0 saturated heterocycles. The van der Waals surface area contributed by atoms with Gasteiger partial charge in [-0.05, 0) is 43.3 Å². The number of aryl methyl sites for hydroxylation is 1. The number of benzene rings is 2. The monoisotopic (exact) mass is 486 g/mol. The lowest BCUT2D eigenvalue weighted by Gasteiger charge is -2.22. The predicted molar refractivity (Wildman–Crippen MR) is 122 cm³/mol. The van der Waals surface area contributed by atoms with E-state index in [-0.39, 0.29) is 16.2 Å². The summed E-state index contributed by atoms with van der Waals surface area (Å²) in [6.07, 6.45) is 0. The van der Waals surface area contributed by atoms with E-state index in [0.717, 1.165) is 17.0 Å². The Morgan fingerprint density at radius 3 is 2.32 bits per heavy atom. The number of nitrogens with zero attached hydrogens (tertiary/aromatic N) is 2. The summed E-state index contributed by atoms with van der Waals surface area (Å²) in [6.45, 7) is 0.769. The molecule has 10 heteroatoms. The maximum absolute atomic E-state index is 13.7. The number of ether oxygens (including phenoxy) is 2. The van der Waals surface area contributed by atoms with E-state index in [1.165, 1.54) is 49.6 Å². The van der Waals surface area contributed by atoms with Crippen LogP contribution in [-0.4, -0.2) is 50.4 Å². The third-order valence-corrected chi connectivity index (χ3v) is 6.82. The molecule has 0 bridgehead atoms. The minimum Gasteiger partial charge on any atom is -0.468 e. The average Bonchev–Trinajstić information content (AvgIpc) is 2.83. The van der Waals surface area contributed by atoms with Gasteiger partial charge in [-0.2, -0.15) is 4.31 Å². The van der Waals surface area contributed by atoms with Crippen LogP contribution < -0.4 is 0 Å². The largest absolute Gasteiger partial charge is 0.468 e. The van der Waals surface area contributed by atoms with Gasteiger partial charge in [0.15, 0.2) is 0 Å². The fraction of sp³-hybridized carbons (Fsp3) is 0.208. The molecule has 0 amide bonds. The number of esters is 2. The molecule has 34 heavy (non-hydrogen) atoms. The van der Waals surface area contributed by atoms with Gasteiger partial charge >= 0.3 is 11.9 Å². The van der Waals surface area contributed by atoms with E-state index in [1.807, 2.05) is 6.92 Å². The van der Waals surface area contributed by atoms with Gasteiger partial charge in [0, 0.05) is 5.56 Å². The standard InChI is InChI=1S/C24H23FN2O6S/c1-16-7-9-19(10-8-16)34(30,31)27(15-23(28)32-2)14-22-20(24(29)33-3)11-12-21(26-22)17-5-4-6-18(25)13-17/h4-13H,14-15H2,1-3H3. The van der Waals surface area contributed by atoms with Crippen LogP contribution in [-0.2, 0) is 30.8 Å². The third-order valence-electron chi connectivity index (χ3n) is 5.02. The molecule has 0 aliphatic rings. The highest BCUT2D eigenvalue weighted by Gasteiger charge is 2.29. The molecule has 8 nitrogen and oxygen atoms in total. The summed E-state index contributed by atoms with van der Waals surface area (Å²) in [5.41, 5.74) is 1.65. The number of carbonyl (C=O) groups excluding carboxylic acids is 2. The molecule has 0 N–H and O–H groups in total. The highest BCUT2D eigenvalue weighted by molar-refractivity contribution is 7.89. The van der Waals surface area contributed by atoms with Crippen molar-refractivity contribution in [1.82, 2.24) is 9.29 Å². The van der Waals surface area contributed by atoms with Gasteiger partial charge in [-0.15, -0.1) is 0 Å². The molecule has 0 fully saturated rings. The second kappa shape index (κ2) is 10.5. The molecule has 0 spiro atoms. The van der Waals surface area contributed by atoms with E-state index < -0.39 is 40.9 Å². The Balaban J connectivity index is 2.11. The summed E-state index contributed by atoms with van der Waals surface area (Å²) in [6, 6.07) is 14.7. The first-order valence-corrected chi connectivity index (χ1v) is 11.6. The van der Waals surface area contributed by atoms with E-state index in [4.69, 9.17) is 4.74 Å². The van der Waals surface area contributed by atoms with Crippen molar-refractivity contribution in [3.8, 4) is 11.3 Å². The van der Waals surface area contributed by atoms with Crippen molar-refractivity contribution < 1.29 is 31.9 Å². The van der Waals surface area contributed by atoms with Gasteiger partial charge in [-0.3, -0.25) is 9.78 Å². The Kier molecular flexibility index (Phi) is 7.75. The van der Waals surface area contributed by atoms with E-state index in [2.05, 4.69) is 9.72 Å². The van der Waals surface area contributed by atoms with Gasteiger partial charge in [0.05, 0.1) is 42.6 Å². The number of hydrogen-bond acceptors (Lipinski definition) is 7. The number of pyridine rings is 1. The van der Waals surface area contributed by atoms with E-state index in [1.54, 1.807) is 18.2 Å². The molecule has 0 unspecified atom stereocenters. The van der Waals surface area contributed by atoms with E-state index >= 15 is 0 Å². The normalized spacial score (nSPS) is 11.3. The summed E-state index contributed by atoms with van der Waals surface area (Å²) in [7, 11) is -1.85. The smallest absolute Gasteiger partial charge is 0.339 e. The zero-order chi connectivity index (χ0) is 24.9. The van der Waals surface area contributed by atoms with Crippen LogP contribution in [0.3, 0.4) is 0 Å². The van der Waals surface area contributed by atoms with E-state index in [9.17, 15) is 22.4 Å². The van der Waals surface area contributed by atoms with Crippen molar-refractivity contribution in [3.63, 3.8) is 0 Å². The first kappa shape index (κ1) is 25.0. The quantitative estimate of drug-likeness (QED) is 0.450. The van der Waals surface area contributed by atoms with Crippen molar-refractivity contribution in [3.05, 3.63) is 83.3 Å². The molecule has 3 rings (SSSR count). The lowest BCUT2D eigenvalue weighted by molar-refractivity contribution is -0.140. The van der Waals surface area contributed by atoms with Crippen LogP contribution in [0.5, 0.6) is 0 Å². The second-order valence-corrected chi connectivity index (χ2v) is 9.29. The SMILES string of the molecule is COC(=O)CN(Cc1nc(-c2cccc(F)c2)ccc1C(=O)OC)S(=O)(=O)c1ccc(C)cc1. The molecule has 0 atom stereocenters. The van der Waals surface area contributed by atoms with Crippen LogP contribution in [0, 0.1) is 12.7 Å². The van der Waals surface area contributed by atoms with Crippen LogP contribution in [0.15, 0.2) is 65.6 Å². The average molecular weight is 487 g/mol. The zero-order valence-electron chi connectivity index (χ0n) is 18.8. The van der Waals surface area contributed by atoms with Gasteiger partial charge in [-0.1, -0.05) is 29.8 Å². The minimum atomic E-state index is -4.17. The summed E-state index contributed by atoms with van der Waals surface area (Å²) >= 11 is 0. The van der Waals surface area contributed by atoms with Crippen LogP contribution in [0.1, 0.15) is 21.6 Å². The van der Waals surface area contributed by atoms with Gasteiger partial charge in [-0.25, -0.2) is 17.6 Å². The topological polar surface area (TPSA) is 103 Å². The lowest BCUT2D eigenvalue weighted by Crippen LogP contribution is -2.36. The number of methoxy groups -OCH3 is 2. The predicted octanol–water partition coefficient (Wildman–Crippen LogP) is 3.35. The fourth-order valence-electron chi connectivity index (χ4n) is 3.19. The summed E-state index contributed by atoms with van der Waals surface area (Å²) in [5, 5.41) is 0. The van der Waals surface area contributed by atoms with Gasteiger partial charge in [0.1, 0.15) is 12.4 Å². The molecule has 0 aliphatic carbocycles. The van der Waals surface area contributed by atoms with Crippen LogP contribution in [0.25, 0.3) is 11.3 Å². The van der Waals surface area contributed by atoms with Crippen LogP contribution in [0.2, 0.25) is 0 Å². The summed E-state index contributed by atoms with van der Waals surface area (Å²) in [4.78, 5) is 28.8. The van der Waals surface area contributed by atoms with Crippen molar-refractivity contribution in [1.29, 1.82) is 0 Å². The Morgan fingerprint density at radius 2 is 1.71 bits per heavy atom. The molecule has 0 saturated carbocycles. The van der Waals surface area contributed by atoms with Crippen molar-refractivity contribution in [2.75, 3.05) is 20.8 Å². The highest BCUT2D eigenvalue weighted by atomic mass is 32.2. The Hall–Kier alpha value is -3.63. The molecule has 178 valence electrons. The van der Waals surface area contributed by atoms with Crippen molar-refractivity contribution in [2.24, 2.45) is 0 Å². The van der Waals surface area contributed by atoms with Crippen molar-refractivity contribution in [2.45, 2.75) is 18.4 Å². The number of hydrogen-bond donors (Lipinski definition) is 0. The first-order valence-electron chi connectivity index (χ1n) is 10.1. The fourth-order valence-corrected chi connectivity index (χ4v) is 4.53. The van der Waals surface area contributed by atoms with Crippen molar-refractivity contribution >= 4 is 22.0 Å². The molecule has 0 aliphatic heterocycles. The molecule has 2 aromatic carbocycles. The Labute approximate surface area is 197 Å². The molecule has 1 heterocycles. The zero-order valence-corrected chi connectivity index (χ0v) is 19.6. The Bertz CT molecular complexity index is 1310. The number of sulfonamides is 1. The lowest BCUT2D eigenvalue weighted by atomic mass is 10.1. The molecule has 0 radical (unpaired) electrons. The summed E-state index contributed by atoms with van der Waals surface area (Å²) in [5.74, 6) is -2.01. The number of aromatic nitrogens is 1. The maximum Gasteiger partial charge on any atom is 0.339 e. The molecule has 1 aromatic heterocycles. The second-order valence-electron chi connectivity index (χ2n) is 7.35. The number of halogens is 1. The number of rotatable bonds is 8.